The highest BCUT2D eigenvalue weighted by molar-refractivity contribution is 7.14. The number of carbonyl (C=O) groups is 1. The molecule has 1 heterocycles. The van der Waals surface area contributed by atoms with E-state index in [4.69, 9.17) is 4.74 Å². The number of amides is 1. The maximum atomic E-state index is 12.4. The van der Waals surface area contributed by atoms with Gasteiger partial charge in [0.1, 0.15) is 5.75 Å². The molecule has 0 saturated carbocycles. The van der Waals surface area contributed by atoms with Crippen molar-refractivity contribution in [2.75, 3.05) is 11.9 Å². The molecule has 1 N–H and O–H groups in total. The van der Waals surface area contributed by atoms with E-state index < -0.39 is 0 Å². The van der Waals surface area contributed by atoms with Gasteiger partial charge in [-0.15, -0.1) is 11.3 Å². The van der Waals surface area contributed by atoms with Gasteiger partial charge in [-0.2, -0.15) is 0 Å². The molecule has 0 radical (unpaired) electrons. The summed E-state index contributed by atoms with van der Waals surface area (Å²) in [7, 11) is 0. The molecular weight excluding hydrogens is 344 g/mol. The van der Waals surface area contributed by atoms with Crippen molar-refractivity contribution in [1.82, 2.24) is 4.98 Å². The Labute approximate surface area is 157 Å². The Bertz CT molecular complexity index is 901. The zero-order valence-corrected chi connectivity index (χ0v) is 16.0. The largest absolute Gasteiger partial charge is 0.494 e. The summed E-state index contributed by atoms with van der Waals surface area (Å²) in [4.78, 5) is 16.9. The SMILES string of the molecule is CCCOc1ccc(-c2csc(NC(=O)c3ccc(C)c(C)c3)n2)cc1. The number of benzene rings is 2. The smallest absolute Gasteiger partial charge is 0.257 e. The van der Waals surface area contributed by atoms with Crippen LogP contribution in [0.25, 0.3) is 11.3 Å². The predicted molar refractivity (Wildman–Crippen MR) is 107 cm³/mol. The lowest BCUT2D eigenvalue weighted by Gasteiger charge is -2.05. The molecule has 134 valence electrons. The number of anilines is 1. The van der Waals surface area contributed by atoms with Gasteiger partial charge >= 0.3 is 0 Å². The third-order valence-corrected chi connectivity index (χ3v) is 4.87. The highest BCUT2D eigenvalue weighted by atomic mass is 32.1. The van der Waals surface area contributed by atoms with Crippen LogP contribution in [0, 0.1) is 13.8 Å². The van der Waals surface area contributed by atoms with Crippen LogP contribution in [-0.4, -0.2) is 17.5 Å². The van der Waals surface area contributed by atoms with Crippen LogP contribution in [0.5, 0.6) is 5.75 Å². The van der Waals surface area contributed by atoms with Crippen LogP contribution in [-0.2, 0) is 0 Å². The molecule has 0 bridgehead atoms. The molecule has 5 heteroatoms. The number of hydrogen-bond donors (Lipinski definition) is 1. The van der Waals surface area contributed by atoms with Crippen molar-refractivity contribution in [3.8, 4) is 17.0 Å². The Morgan fingerprint density at radius 1 is 1.12 bits per heavy atom. The van der Waals surface area contributed by atoms with Gasteiger partial charge in [0.2, 0.25) is 0 Å². The molecule has 3 aromatic rings. The van der Waals surface area contributed by atoms with Crippen LogP contribution >= 0.6 is 11.3 Å². The number of ether oxygens (including phenoxy) is 1. The van der Waals surface area contributed by atoms with Crippen LogP contribution in [0.15, 0.2) is 47.8 Å². The Hall–Kier alpha value is -2.66. The minimum absolute atomic E-state index is 0.141. The van der Waals surface area contributed by atoms with Crippen molar-refractivity contribution in [2.24, 2.45) is 0 Å². The van der Waals surface area contributed by atoms with Crippen molar-refractivity contribution in [3.63, 3.8) is 0 Å². The Morgan fingerprint density at radius 2 is 1.88 bits per heavy atom. The lowest BCUT2D eigenvalue weighted by molar-refractivity contribution is 0.102. The second-order valence-corrected chi connectivity index (χ2v) is 7.02. The Balaban J connectivity index is 1.69. The van der Waals surface area contributed by atoms with Gasteiger partial charge in [0.15, 0.2) is 5.13 Å². The van der Waals surface area contributed by atoms with E-state index in [2.05, 4.69) is 17.2 Å². The van der Waals surface area contributed by atoms with Crippen molar-refractivity contribution in [2.45, 2.75) is 27.2 Å². The number of aryl methyl sites for hydroxylation is 2. The summed E-state index contributed by atoms with van der Waals surface area (Å²) in [5.74, 6) is 0.714. The summed E-state index contributed by atoms with van der Waals surface area (Å²) in [5, 5.41) is 5.41. The first kappa shape index (κ1) is 18.1. The normalized spacial score (nSPS) is 10.6. The van der Waals surface area contributed by atoms with E-state index in [0.29, 0.717) is 17.3 Å². The third kappa shape index (κ3) is 4.29. The molecular formula is C21H22N2O2S. The predicted octanol–water partition coefficient (Wildman–Crippen LogP) is 5.47. The van der Waals surface area contributed by atoms with Gasteiger partial charge in [-0.25, -0.2) is 4.98 Å². The zero-order chi connectivity index (χ0) is 18.5. The maximum Gasteiger partial charge on any atom is 0.257 e. The monoisotopic (exact) mass is 366 g/mol. The first-order valence-electron chi connectivity index (χ1n) is 8.64. The lowest BCUT2D eigenvalue weighted by Crippen LogP contribution is -2.12. The molecule has 0 fully saturated rings. The van der Waals surface area contributed by atoms with E-state index in [0.717, 1.165) is 29.0 Å². The van der Waals surface area contributed by atoms with Gasteiger partial charge in [-0.1, -0.05) is 13.0 Å². The van der Waals surface area contributed by atoms with Crippen LogP contribution in [0.3, 0.4) is 0 Å². The highest BCUT2D eigenvalue weighted by Crippen LogP contribution is 2.27. The van der Waals surface area contributed by atoms with Crippen molar-refractivity contribution in [1.29, 1.82) is 0 Å². The Morgan fingerprint density at radius 3 is 2.58 bits per heavy atom. The minimum atomic E-state index is -0.141. The number of carbonyl (C=O) groups excluding carboxylic acids is 1. The zero-order valence-electron chi connectivity index (χ0n) is 15.2. The fraction of sp³-hybridized carbons (Fsp3) is 0.238. The number of aromatic nitrogens is 1. The number of nitrogens with one attached hydrogen (secondary N) is 1. The fourth-order valence-electron chi connectivity index (χ4n) is 2.46. The van der Waals surface area contributed by atoms with Gasteiger partial charge in [0.25, 0.3) is 5.91 Å². The van der Waals surface area contributed by atoms with E-state index in [-0.39, 0.29) is 5.91 Å². The number of hydrogen-bond acceptors (Lipinski definition) is 4. The third-order valence-electron chi connectivity index (χ3n) is 4.12. The second kappa shape index (κ2) is 8.15. The van der Waals surface area contributed by atoms with E-state index in [9.17, 15) is 4.79 Å². The second-order valence-electron chi connectivity index (χ2n) is 6.16. The van der Waals surface area contributed by atoms with Crippen LogP contribution in [0.2, 0.25) is 0 Å². The standard InChI is InChI=1S/C21H22N2O2S/c1-4-11-25-18-9-7-16(8-10-18)19-13-26-21(22-19)23-20(24)17-6-5-14(2)15(3)12-17/h5-10,12-13H,4,11H2,1-3H3,(H,22,23,24). The van der Waals surface area contributed by atoms with Gasteiger partial charge < -0.3 is 4.74 Å². The number of nitrogens with zero attached hydrogens (tertiary/aromatic N) is 1. The molecule has 1 amide bonds. The summed E-state index contributed by atoms with van der Waals surface area (Å²) in [6.07, 6.45) is 0.984. The molecule has 0 saturated heterocycles. The van der Waals surface area contributed by atoms with Gasteiger partial charge in [0, 0.05) is 16.5 Å². The molecule has 26 heavy (non-hydrogen) atoms. The minimum Gasteiger partial charge on any atom is -0.494 e. The quantitative estimate of drug-likeness (QED) is 0.629. The van der Waals surface area contributed by atoms with Crippen molar-refractivity contribution < 1.29 is 9.53 Å². The summed E-state index contributed by atoms with van der Waals surface area (Å²) < 4.78 is 5.60. The molecule has 0 atom stereocenters. The van der Waals surface area contributed by atoms with Gasteiger partial charge in [0.05, 0.1) is 12.3 Å². The van der Waals surface area contributed by atoms with Crippen LogP contribution in [0.1, 0.15) is 34.8 Å². The molecule has 2 aromatic carbocycles. The van der Waals surface area contributed by atoms with Gasteiger partial charge in [-0.3, -0.25) is 10.1 Å². The molecule has 0 aliphatic heterocycles. The molecule has 0 spiro atoms. The average molecular weight is 366 g/mol. The topological polar surface area (TPSA) is 51.2 Å². The molecule has 0 aliphatic carbocycles. The fourth-order valence-corrected chi connectivity index (χ4v) is 3.17. The van der Waals surface area contributed by atoms with Crippen molar-refractivity contribution >= 4 is 22.4 Å². The highest BCUT2D eigenvalue weighted by Gasteiger charge is 2.11. The molecule has 4 nitrogen and oxygen atoms in total. The van der Waals surface area contributed by atoms with E-state index in [1.54, 1.807) is 0 Å². The first-order valence-corrected chi connectivity index (χ1v) is 9.52. The van der Waals surface area contributed by atoms with Crippen LogP contribution < -0.4 is 10.1 Å². The number of rotatable bonds is 6. The van der Waals surface area contributed by atoms with E-state index in [1.807, 2.05) is 61.7 Å². The summed E-state index contributed by atoms with van der Waals surface area (Å²) in [6.45, 7) is 6.83. The lowest BCUT2D eigenvalue weighted by atomic mass is 10.1. The molecule has 1 aromatic heterocycles. The number of thiazole rings is 1. The molecule has 0 unspecified atom stereocenters. The molecule has 3 rings (SSSR count). The average Bonchev–Trinajstić information content (AvgIpc) is 3.11. The van der Waals surface area contributed by atoms with Crippen LogP contribution in [0.4, 0.5) is 5.13 Å². The first-order chi connectivity index (χ1) is 12.6. The summed E-state index contributed by atoms with van der Waals surface area (Å²) in [6, 6.07) is 13.5. The Kier molecular flexibility index (Phi) is 5.68. The summed E-state index contributed by atoms with van der Waals surface area (Å²) >= 11 is 1.42. The van der Waals surface area contributed by atoms with E-state index >= 15 is 0 Å². The maximum absolute atomic E-state index is 12.4. The molecule has 0 aliphatic rings. The summed E-state index contributed by atoms with van der Waals surface area (Å²) in [5.41, 5.74) is 4.75. The van der Waals surface area contributed by atoms with E-state index in [1.165, 1.54) is 16.9 Å². The van der Waals surface area contributed by atoms with Gasteiger partial charge in [-0.05, 0) is 67.8 Å². The van der Waals surface area contributed by atoms with Crippen molar-refractivity contribution in [3.05, 3.63) is 64.5 Å².